The van der Waals surface area contributed by atoms with Crippen molar-refractivity contribution in [1.82, 2.24) is 0 Å². The smallest absolute Gasteiger partial charge is 0.0726 e. The monoisotopic (exact) mass is 346 g/mol. The van der Waals surface area contributed by atoms with Crippen molar-refractivity contribution in [3.8, 4) is 0 Å². The molecule has 0 aliphatic rings. The van der Waals surface area contributed by atoms with Crippen molar-refractivity contribution in [3.63, 3.8) is 0 Å². The zero-order chi connectivity index (χ0) is 13.0. The first-order valence-electron chi connectivity index (χ1n) is 5.93. The standard InChI is InChI=1S/C16H8BrClS/c17-12-7-6-11-14-10-4-2-1-3-9(10)5-8-13(14)19-16(11)15(12)18/h1-8H. The van der Waals surface area contributed by atoms with Gasteiger partial charge in [0.15, 0.2) is 0 Å². The molecular weight excluding hydrogens is 340 g/mol. The number of benzene rings is 3. The van der Waals surface area contributed by atoms with Crippen molar-refractivity contribution in [2.75, 3.05) is 0 Å². The molecule has 0 fully saturated rings. The Morgan fingerprint density at radius 3 is 2.63 bits per heavy atom. The maximum atomic E-state index is 6.41. The van der Waals surface area contributed by atoms with Crippen LogP contribution in [0, 0.1) is 0 Å². The van der Waals surface area contributed by atoms with Crippen molar-refractivity contribution in [2.24, 2.45) is 0 Å². The number of thiophene rings is 1. The third kappa shape index (κ3) is 1.64. The van der Waals surface area contributed by atoms with Gasteiger partial charge in [0.1, 0.15) is 0 Å². The number of halogens is 2. The lowest BCUT2D eigenvalue weighted by molar-refractivity contribution is 1.77. The van der Waals surface area contributed by atoms with Crippen LogP contribution in [0.3, 0.4) is 0 Å². The fraction of sp³-hybridized carbons (Fsp3) is 0. The summed E-state index contributed by atoms with van der Waals surface area (Å²) in [6, 6.07) is 17.0. The first-order chi connectivity index (χ1) is 9.25. The maximum Gasteiger partial charge on any atom is 0.0726 e. The quantitative estimate of drug-likeness (QED) is 0.335. The van der Waals surface area contributed by atoms with Crippen molar-refractivity contribution in [2.45, 2.75) is 0 Å². The summed E-state index contributed by atoms with van der Waals surface area (Å²) in [7, 11) is 0. The van der Waals surface area contributed by atoms with Gasteiger partial charge in [-0.1, -0.05) is 48.0 Å². The SMILES string of the molecule is Clc1c(Br)ccc2c1sc1ccc3ccccc3c12. The average Bonchev–Trinajstić information content (AvgIpc) is 2.83. The minimum Gasteiger partial charge on any atom is -0.134 e. The normalized spacial score (nSPS) is 11.7. The van der Waals surface area contributed by atoms with E-state index in [0.717, 1.165) is 14.2 Å². The Kier molecular flexibility index (Phi) is 2.59. The van der Waals surface area contributed by atoms with Crippen LogP contribution in [0.1, 0.15) is 0 Å². The maximum absolute atomic E-state index is 6.41. The number of rotatable bonds is 0. The van der Waals surface area contributed by atoms with E-state index >= 15 is 0 Å². The zero-order valence-corrected chi connectivity index (χ0v) is 12.9. The van der Waals surface area contributed by atoms with Crippen LogP contribution in [-0.4, -0.2) is 0 Å². The summed E-state index contributed by atoms with van der Waals surface area (Å²) < 4.78 is 3.40. The lowest BCUT2D eigenvalue weighted by atomic mass is 10.0. The third-order valence-corrected chi connectivity index (χ3v) is 6.00. The van der Waals surface area contributed by atoms with E-state index in [1.54, 1.807) is 11.3 Å². The molecule has 3 aromatic carbocycles. The van der Waals surface area contributed by atoms with Gasteiger partial charge in [0.25, 0.3) is 0 Å². The van der Waals surface area contributed by atoms with Crippen LogP contribution >= 0.6 is 38.9 Å². The Labute approximate surface area is 127 Å². The van der Waals surface area contributed by atoms with Gasteiger partial charge in [-0.05, 0) is 38.8 Å². The molecule has 0 radical (unpaired) electrons. The van der Waals surface area contributed by atoms with Gasteiger partial charge in [0.2, 0.25) is 0 Å². The molecule has 0 spiro atoms. The van der Waals surface area contributed by atoms with Gasteiger partial charge < -0.3 is 0 Å². The van der Waals surface area contributed by atoms with Crippen LogP contribution in [-0.2, 0) is 0 Å². The Morgan fingerprint density at radius 2 is 1.74 bits per heavy atom. The molecule has 92 valence electrons. The second-order valence-electron chi connectivity index (χ2n) is 4.50. The zero-order valence-electron chi connectivity index (χ0n) is 9.78. The highest BCUT2D eigenvalue weighted by molar-refractivity contribution is 9.10. The molecule has 4 aromatic rings. The van der Waals surface area contributed by atoms with Gasteiger partial charge in [-0.3, -0.25) is 0 Å². The van der Waals surface area contributed by atoms with Gasteiger partial charge in [-0.2, -0.15) is 0 Å². The Balaban J connectivity index is 2.34. The van der Waals surface area contributed by atoms with Gasteiger partial charge in [0.05, 0.1) is 9.72 Å². The predicted octanol–water partition coefficient (Wildman–Crippen LogP) is 6.62. The van der Waals surface area contributed by atoms with Gasteiger partial charge in [-0.25, -0.2) is 0 Å². The minimum atomic E-state index is 0.808. The van der Waals surface area contributed by atoms with Gasteiger partial charge in [0, 0.05) is 19.9 Å². The summed E-state index contributed by atoms with van der Waals surface area (Å²) in [5, 5.41) is 5.93. The molecular formula is C16H8BrClS. The topological polar surface area (TPSA) is 0 Å². The molecule has 19 heavy (non-hydrogen) atoms. The van der Waals surface area contributed by atoms with Crippen LogP contribution in [0.4, 0.5) is 0 Å². The molecule has 0 saturated heterocycles. The second kappa shape index (κ2) is 4.20. The molecule has 0 saturated carbocycles. The van der Waals surface area contributed by atoms with Crippen LogP contribution in [0.25, 0.3) is 30.9 Å². The van der Waals surface area contributed by atoms with Crippen LogP contribution in [0.5, 0.6) is 0 Å². The Bertz CT molecular complexity index is 940. The fourth-order valence-electron chi connectivity index (χ4n) is 2.55. The molecule has 0 atom stereocenters. The number of hydrogen-bond acceptors (Lipinski definition) is 1. The molecule has 1 heterocycles. The number of fused-ring (bicyclic) bond motifs is 5. The molecule has 0 N–H and O–H groups in total. The highest BCUT2D eigenvalue weighted by Gasteiger charge is 2.12. The third-order valence-electron chi connectivity index (χ3n) is 3.42. The molecule has 0 aliphatic heterocycles. The highest BCUT2D eigenvalue weighted by Crippen LogP contribution is 2.43. The summed E-state index contributed by atoms with van der Waals surface area (Å²) in [5.41, 5.74) is 0. The molecule has 4 rings (SSSR count). The molecule has 1 aromatic heterocycles. The largest absolute Gasteiger partial charge is 0.134 e. The summed E-state index contributed by atoms with van der Waals surface area (Å²) in [6.45, 7) is 0. The van der Waals surface area contributed by atoms with Gasteiger partial charge >= 0.3 is 0 Å². The molecule has 0 amide bonds. The van der Waals surface area contributed by atoms with Crippen molar-refractivity contribution < 1.29 is 0 Å². The van der Waals surface area contributed by atoms with Gasteiger partial charge in [-0.15, -0.1) is 11.3 Å². The van der Waals surface area contributed by atoms with E-state index < -0.39 is 0 Å². The predicted molar refractivity (Wildman–Crippen MR) is 89.5 cm³/mol. The molecule has 0 nitrogen and oxygen atoms in total. The van der Waals surface area contributed by atoms with Crippen LogP contribution in [0.15, 0.2) is 53.0 Å². The Morgan fingerprint density at radius 1 is 0.895 bits per heavy atom. The molecule has 3 heteroatoms. The van der Waals surface area contributed by atoms with E-state index in [2.05, 4.69) is 58.4 Å². The van der Waals surface area contributed by atoms with E-state index in [-0.39, 0.29) is 0 Å². The van der Waals surface area contributed by atoms with Crippen LogP contribution in [0.2, 0.25) is 5.02 Å². The lowest BCUT2D eigenvalue weighted by Crippen LogP contribution is -1.74. The average molecular weight is 348 g/mol. The van der Waals surface area contributed by atoms with E-state index in [1.165, 1.54) is 26.2 Å². The molecule has 0 bridgehead atoms. The fourth-order valence-corrected chi connectivity index (χ4v) is 4.45. The van der Waals surface area contributed by atoms with Crippen molar-refractivity contribution in [3.05, 3.63) is 58.0 Å². The highest BCUT2D eigenvalue weighted by atomic mass is 79.9. The molecule has 0 unspecified atom stereocenters. The lowest BCUT2D eigenvalue weighted by Gasteiger charge is -2.00. The first kappa shape index (κ1) is 11.7. The number of hydrogen-bond donors (Lipinski definition) is 0. The molecule has 0 aliphatic carbocycles. The summed E-state index contributed by atoms with van der Waals surface area (Å²) in [4.78, 5) is 0. The van der Waals surface area contributed by atoms with E-state index in [0.29, 0.717) is 0 Å². The van der Waals surface area contributed by atoms with Crippen molar-refractivity contribution in [1.29, 1.82) is 0 Å². The van der Waals surface area contributed by atoms with E-state index in [9.17, 15) is 0 Å². The summed E-state index contributed by atoms with van der Waals surface area (Å²) in [6.07, 6.45) is 0. The summed E-state index contributed by atoms with van der Waals surface area (Å²) >= 11 is 11.7. The van der Waals surface area contributed by atoms with Crippen LogP contribution < -0.4 is 0 Å². The second-order valence-corrected chi connectivity index (χ2v) is 6.78. The van der Waals surface area contributed by atoms with E-state index in [4.69, 9.17) is 11.6 Å². The first-order valence-corrected chi connectivity index (χ1v) is 7.92. The summed E-state index contributed by atoms with van der Waals surface area (Å²) in [5.74, 6) is 0. The van der Waals surface area contributed by atoms with Crippen molar-refractivity contribution >= 4 is 69.8 Å². The Hall–Kier alpha value is -1.09. The van der Waals surface area contributed by atoms with E-state index in [1.807, 2.05) is 6.07 Å². The minimum absolute atomic E-state index is 0.808.